The molecule has 2 aromatic carbocycles. The summed E-state index contributed by atoms with van der Waals surface area (Å²) in [6.45, 7) is 3.98. The van der Waals surface area contributed by atoms with Crippen LogP contribution in [0.4, 0.5) is 0 Å². The molecule has 168 valence electrons. The van der Waals surface area contributed by atoms with Crippen molar-refractivity contribution in [2.24, 2.45) is 0 Å². The first-order valence-electron chi connectivity index (χ1n) is 9.91. The summed E-state index contributed by atoms with van der Waals surface area (Å²) >= 11 is 9.26. The van der Waals surface area contributed by atoms with Gasteiger partial charge in [0, 0.05) is 42.2 Å². The maximum Gasteiger partial charge on any atom is 0.243 e. The first-order valence-corrected chi connectivity index (χ1v) is 12.5. The molecule has 1 aliphatic heterocycles. The summed E-state index contributed by atoms with van der Waals surface area (Å²) in [5, 5.41) is 3.39. The van der Waals surface area contributed by atoms with Gasteiger partial charge >= 0.3 is 0 Å². The number of halogens is 2. The average Bonchev–Trinajstić information content (AvgIpc) is 2.76. The van der Waals surface area contributed by atoms with Crippen LogP contribution in [-0.4, -0.2) is 69.5 Å². The van der Waals surface area contributed by atoms with Crippen LogP contribution in [0.25, 0.3) is 0 Å². The quantitative estimate of drug-likeness (QED) is 0.539. The molecule has 1 aliphatic rings. The Hall–Kier alpha value is -1.49. The van der Waals surface area contributed by atoms with Crippen LogP contribution in [0.1, 0.15) is 5.56 Å². The van der Waals surface area contributed by atoms with Gasteiger partial charge in [0.1, 0.15) is 0 Å². The highest BCUT2D eigenvalue weighted by Gasteiger charge is 2.27. The molecule has 1 heterocycles. The number of sulfonamides is 1. The minimum atomic E-state index is -3.87. The second-order valence-corrected chi connectivity index (χ2v) is 10.4. The Labute approximate surface area is 196 Å². The molecule has 0 unspecified atom stereocenters. The Morgan fingerprint density at radius 3 is 2.39 bits per heavy atom. The fraction of sp³-hybridized carbons (Fsp3) is 0.381. The third-order valence-electron chi connectivity index (χ3n) is 4.90. The number of ether oxygens (including phenoxy) is 1. The number of nitrogens with zero attached hydrogens (tertiary/aromatic N) is 2. The Morgan fingerprint density at radius 1 is 1.10 bits per heavy atom. The van der Waals surface area contributed by atoms with Crippen LogP contribution >= 0.6 is 27.5 Å². The molecule has 0 spiro atoms. The van der Waals surface area contributed by atoms with Crippen LogP contribution in [0, 0.1) is 0 Å². The van der Waals surface area contributed by atoms with Crippen molar-refractivity contribution in [3.8, 4) is 0 Å². The molecule has 2 aromatic rings. The molecule has 1 amide bonds. The zero-order valence-electron chi connectivity index (χ0n) is 17.0. The van der Waals surface area contributed by atoms with Gasteiger partial charge in [-0.3, -0.25) is 9.69 Å². The summed E-state index contributed by atoms with van der Waals surface area (Å²) in [7, 11) is -3.87. The smallest absolute Gasteiger partial charge is 0.243 e. The van der Waals surface area contributed by atoms with Crippen molar-refractivity contribution in [2.75, 3.05) is 45.9 Å². The van der Waals surface area contributed by atoms with Gasteiger partial charge in [-0.1, -0.05) is 39.7 Å². The molecular formula is C21H25BrClN3O4S. The zero-order valence-corrected chi connectivity index (χ0v) is 20.1. The number of amides is 1. The normalized spacial score (nSPS) is 15.2. The van der Waals surface area contributed by atoms with Gasteiger partial charge < -0.3 is 10.1 Å². The van der Waals surface area contributed by atoms with Crippen molar-refractivity contribution in [3.05, 3.63) is 63.6 Å². The highest BCUT2D eigenvalue weighted by Crippen LogP contribution is 2.21. The molecule has 7 nitrogen and oxygen atoms in total. The molecule has 1 N–H and O–H groups in total. The fourth-order valence-electron chi connectivity index (χ4n) is 3.17. The number of benzene rings is 2. The van der Waals surface area contributed by atoms with Crippen LogP contribution in [0.15, 0.2) is 57.9 Å². The van der Waals surface area contributed by atoms with Gasteiger partial charge in [0.05, 0.1) is 24.7 Å². The molecule has 10 heteroatoms. The fourth-order valence-corrected chi connectivity index (χ4v) is 4.94. The Kier molecular flexibility index (Phi) is 8.88. The highest BCUT2D eigenvalue weighted by atomic mass is 79.9. The number of hydrogen-bond donors (Lipinski definition) is 1. The van der Waals surface area contributed by atoms with Crippen LogP contribution in [0.5, 0.6) is 0 Å². The number of carbonyl (C=O) groups is 1. The minimum Gasteiger partial charge on any atom is -0.379 e. The standard InChI is InChI=1S/C21H25BrClN3O4S/c22-18-3-7-20(8-4-18)31(28,29)26(15-17-1-5-19(23)6-2-17)16-21(27)24-9-10-25-11-13-30-14-12-25/h1-8H,9-16H2,(H,24,27). The van der Waals surface area contributed by atoms with Crippen molar-refractivity contribution in [1.29, 1.82) is 0 Å². The monoisotopic (exact) mass is 529 g/mol. The molecular weight excluding hydrogens is 506 g/mol. The second-order valence-electron chi connectivity index (χ2n) is 7.16. The Morgan fingerprint density at radius 2 is 1.74 bits per heavy atom. The lowest BCUT2D eigenvalue weighted by atomic mass is 10.2. The number of hydrogen-bond acceptors (Lipinski definition) is 5. The first-order chi connectivity index (χ1) is 14.8. The van der Waals surface area contributed by atoms with E-state index in [0.717, 1.165) is 23.1 Å². The first kappa shape index (κ1) is 24.2. The maximum atomic E-state index is 13.3. The van der Waals surface area contributed by atoms with Gasteiger partial charge in [-0.2, -0.15) is 4.31 Å². The highest BCUT2D eigenvalue weighted by molar-refractivity contribution is 9.10. The van der Waals surface area contributed by atoms with E-state index in [2.05, 4.69) is 26.1 Å². The van der Waals surface area contributed by atoms with Crippen molar-refractivity contribution < 1.29 is 17.9 Å². The van der Waals surface area contributed by atoms with E-state index in [1.807, 2.05) is 0 Å². The van der Waals surface area contributed by atoms with Gasteiger partial charge in [0.15, 0.2) is 0 Å². The molecule has 0 aliphatic carbocycles. The number of carbonyl (C=O) groups excluding carboxylic acids is 1. The van der Waals surface area contributed by atoms with E-state index in [1.54, 1.807) is 36.4 Å². The number of nitrogens with one attached hydrogen (secondary N) is 1. The van der Waals surface area contributed by atoms with Crippen LogP contribution in [0.3, 0.4) is 0 Å². The summed E-state index contributed by atoms with van der Waals surface area (Å²) in [5.74, 6) is -0.345. The largest absolute Gasteiger partial charge is 0.379 e. The molecule has 1 saturated heterocycles. The molecule has 1 fully saturated rings. The van der Waals surface area contributed by atoms with E-state index in [1.165, 1.54) is 16.4 Å². The SMILES string of the molecule is O=C(CN(Cc1ccc(Cl)cc1)S(=O)(=O)c1ccc(Br)cc1)NCCN1CCOCC1. The predicted molar refractivity (Wildman–Crippen MR) is 123 cm³/mol. The van der Waals surface area contributed by atoms with E-state index in [0.29, 0.717) is 31.3 Å². The minimum absolute atomic E-state index is 0.0620. The topological polar surface area (TPSA) is 79.0 Å². The summed E-state index contributed by atoms with van der Waals surface area (Å²) in [6.07, 6.45) is 0. The summed E-state index contributed by atoms with van der Waals surface area (Å²) in [4.78, 5) is 14.9. The molecule has 0 aromatic heterocycles. The van der Waals surface area contributed by atoms with Gasteiger partial charge in [-0.25, -0.2) is 8.42 Å². The van der Waals surface area contributed by atoms with Crippen molar-refractivity contribution in [2.45, 2.75) is 11.4 Å². The number of rotatable bonds is 9. The van der Waals surface area contributed by atoms with Crippen LogP contribution < -0.4 is 5.32 Å². The Bertz CT molecular complexity index is 965. The van der Waals surface area contributed by atoms with Gasteiger partial charge in [-0.05, 0) is 42.0 Å². The maximum absolute atomic E-state index is 13.3. The summed E-state index contributed by atoms with van der Waals surface area (Å²) in [6, 6.07) is 13.3. The third-order valence-corrected chi connectivity index (χ3v) is 7.48. The molecule has 0 saturated carbocycles. The lowest BCUT2D eigenvalue weighted by Crippen LogP contribution is -2.44. The lowest BCUT2D eigenvalue weighted by Gasteiger charge is -2.27. The van der Waals surface area contributed by atoms with Crippen molar-refractivity contribution >= 4 is 43.5 Å². The summed E-state index contributed by atoms with van der Waals surface area (Å²) < 4.78 is 33.8. The zero-order chi connectivity index (χ0) is 22.3. The van der Waals surface area contributed by atoms with Gasteiger partial charge in [0.2, 0.25) is 15.9 Å². The van der Waals surface area contributed by atoms with Gasteiger partial charge in [-0.15, -0.1) is 0 Å². The van der Waals surface area contributed by atoms with Crippen LogP contribution in [-0.2, 0) is 26.1 Å². The van der Waals surface area contributed by atoms with E-state index in [9.17, 15) is 13.2 Å². The van der Waals surface area contributed by atoms with E-state index in [-0.39, 0.29) is 23.9 Å². The van der Waals surface area contributed by atoms with Crippen LogP contribution in [0.2, 0.25) is 5.02 Å². The number of morpholine rings is 1. The second kappa shape index (κ2) is 11.4. The third kappa shape index (κ3) is 7.27. The van der Waals surface area contributed by atoms with E-state index in [4.69, 9.17) is 16.3 Å². The van der Waals surface area contributed by atoms with Gasteiger partial charge in [0.25, 0.3) is 0 Å². The Balaban J connectivity index is 1.69. The molecule has 31 heavy (non-hydrogen) atoms. The van der Waals surface area contributed by atoms with Crippen molar-refractivity contribution in [3.63, 3.8) is 0 Å². The molecule has 0 bridgehead atoms. The molecule has 3 rings (SSSR count). The molecule has 0 radical (unpaired) electrons. The summed E-state index contributed by atoms with van der Waals surface area (Å²) in [5.41, 5.74) is 0.742. The average molecular weight is 531 g/mol. The van der Waals surface area contributed by atoms with E-state index < -0.39 is 10.0 Å². The lowest BCUT2D eigenvalue weighted by molar-refractivity contribution is -0.121. The van der Waals surface area contributed by atoms with E-state index >= 15 is 0 Å². The molecule has 0 atom stereocenters. The predicted octanol–water partition coefficient (Wildman–Crippen LogP) is 2.74. The van der Waals surface area contributed by atoms with Crippen molar-refractivity contribution in [1.82, 2.24) is 14.5 Å².